The highest BCUT2D eigenvalue weighted by atomic mass is 32.2. The Hall–Kier alpha value is -5.00. The molecule has 0 aliphatic rings. The number of anilines is 2. The van der Waals surface area contributed by atoms with Gasteiger partial charge in [-0.15, -0.1) is 23.1 Å². The number of amides is 2. The molecule has 1 atom stereocenters. The van der Waals surface area contributed by atoms with E-state index >= 15 is 0 Å². The number of nitrogens with one attached hydrogen (secondary N) is 2. The Labute approximate surface area is 249 Å². The van der Waals surface area contributed by atoms with Crippen molar-refractivity contribution in [2.24, 2.45) is 0 Å². The zero-order chi connectivity index (χ0) is 29.5. The van der Waals surface area contributed by atoms with Gasteiger partial charge < -0.3 is 15.4 Å². The number of rotatable bonds is 10. The van der Waals surface area contributed by atoms with Gasteiger partial charge in [0.2, 0.25) is 5.91 Å². The summed E-state index contributed by atoms with van der Waals surface area (Å²) < 4.78 is 5.45. The molecule has 5 rings (SSSR count). The summed E-state index contributed by atoms with van der Waals surface area (Å²) in [4.78, 5) is 41.9. The van der Waals surface area contributed by atoms with Gasteiger partial charge in [-0.3, -0.25) is 19.7 Å². The lowest BCUT2D eigenvalue weighted by Crippen LogP contribution is -2.19. The predicted molar refractivity (Wildman–Crippen MR) is 165 cm³/mol. The molecular formula is C31H24N4O5S2. The number of hydrogen-bond donors (Lipinski definition) is 2. The molecule has 5 aromatic rings. The number of ether oxygens (including phenoxy) is 1. The number of nitrogens with zero attached hydrogens (tertiary/aromatic N) is 2. The van der Waals surface area contributed by atoms with Gasteiger partial charge in [-0.05, 0) is 54.1 Å². The Balaban J connectivity index is 1.29. The molecule has 0 bridgehead atoms. The van der Waals surface area contributed by atoms with Crippen LogP contribution in [0.15, 0.2) is 113 Å². The minimum absolute atomic E-state index is 0.0864. The lowest BCUT2D eigenvalue weighted by molar-refractivity contribution is -0.384. The van der Waals surface area contributed by atoms with Crippen molar-refractivity contribution >= 4 is 51.4 Å². The molecule has 1 heterocycles. The summed E-state index contributed by atoms with van der Waals surface area (Å²) in [6.07, 6.45) is 0. The third kappa shape index (κ3) is 6.82. The van der Waals surface area contributed by atoms with Crippen molar-refractivity contribution in [3.8, 4) is 17.0 Å². The van der Waals surface area contributed by atoms with E-state index in [1.165, 1.54) is 47.4 Å². The van der Waals surface area contributed by atoms with Crippen molar-refractivity contribution in [2.75, 3.05) is 17.7 Å². The number of hydrogen-bond acceptors (Lipinski definition) is 8. The van der Waals surface area contributed by atoms with E-state index in [1.54, 1.807) is 19.2 Å². The van der Waals surface area contributed by atoms with Crippen LogP contribution >= 0.6 is 23.1 Å². The van der Waals surface area contributed by atoms with Crippen molar-refractivity contribution < 1.29 is 19.2 Å². The number of benzene rings is 4. The monoisotopic (exact) mass is 596 g/mol. The van der Waals surface area contributed by atoms with Gasteiger partial charge in [-0.1, -0.05) is 42.5 Å². The van der Waals surface area contributed by atoms with Crippen LogP contribution in [0.2, 0.25) is 0 Å². The molecular weight excluding hydrogens is 572 g/mol. The van der Waals surface area contributed by atoms with E-state index in [0.29, 0.717) is 27.8 Å². The summed E-state index contributed by atoms with van der Waals surface area (Å²) in [7, 11) is 1.61. The molecule has 11 heteroatoms. The topological polar surface area (TPSA) is 123 Å². The second kappa shape index (κ2) is 13.1. The number of nitro groups is 1. The highest BCUT2D eigenvalue weighted by Gasteiger charge is 2.23. The lowest BCUT2D eigenvalue weighted by atomic mass is 10.1. The normalized spacial score (nSPS) is 11.4. The average Bonchev–Trinajstić information content (AvgIpc) is 3.49. The molecule has 0 saturated heterocycles. The Kier molecular flexibility index (Phi) is 8.90. The number of nitro benzene ring substituents is 1. The van der Waals surface area contributed by atoms with Gasteiger partial charge in [0.1, 0.15) is 11.0 Å². The molecule has 4 aromatic carbocycles. The van der Waals surface area contributed by atoms with Crippen LogP contribution < -0.4 is 15.4 Å². The zero-order valence-electron chi connectivity index (χ0n) is 22.2. The van der Waals surface area contributed by atoms with Crippen LogP contribution in [0, 0.1) is 10.1 Å². The SMILES string of the molecule is COc1ccccc1-c1csc(NC(=O)C(Sc2ccc(NC(=O)c3ccc([N+](=O)[O-])cc3)cc2)c2ccccc2)n1. The van der Waals surface area contributed by atoms with Gasteiger partial charge in [0.05, 0.1) is 17.7 Å². The first-order valence-electron chi connectivity index (χ1n) is 12.7. The van der Waals surface area contributed by atoms with E-state index in [0.717, 1.165) is 16.0 Å². The summed E-state index contributed by atoms with van der Waals surface area (Å²) in [5, 5.41) is 18.4. The summed E-state index contributed by atoms with van der Waals surface area (Å²) in [6, 6.07) is 29.6. The summed E-state index contributed by atoms with van der Waals surface area (Å²) >= 11 is 2.71. The summed E-state index contributed by atoms with van der Waals surface area (Å²) in [6.45, 7) is 0. The smallest absolute Gasteiger partial charge is 0.269 e. The van der Waals surface area contributed by atoms with Crippen LogP contribution in [0.3, 0.4) is 0 Å². The second-order valence-electron chi connectivity index (χ2n) is 8.92. The van der Waals surface area contributed by atoms with Gasteiger partial charge in [0.15, 0.2) is 5.13 Å². The molecule has 2 amide bonds. The number of aromatic nitrogens is 1. The van der Waals surface area contributed by atoms with Crippen LogP contribution in [0.4, 0.5) is 16.5 Å². The van der Waals surface area contributed by atoms with E-state index in [4.69, 9.17) is 4.74 Å². The van der Waals surface area contributed by atoms with E-state index in [-0.39, 0.29) is 17.5 Å². The Bertz CT molecular complexity index is 1710. The largest absolute Gasteiger partial charge is 0.496 e. The standard InChI is InChI=1S/C31H24N4O5S2/c1-40-27-10-6-5-9-25(27)26-19-41-31(33-26)34-30(37)28(20-7-3-2-4-8-20)42-24-17-13-22(14-18-24)32-29(36)21-11-15-23(16-12-21)35(38)39/h2-19,28H,1H3,(H,32,36)(H,33,34,37). The quantitative estimate of drug-likeness (QED) is 0.0975. The molecule has 0 saturated carbocycles. The maximum Gasteiger partial charge on any atom is 0.269 e. The number of methoxy groups -OCH3 is 1. The Morgan fingerprint density at radius 1 is 0.905 bits per heavy atom. The highest BCUT2D eigenvalue weighted by molar-refractivity contribution is 8.00. The second-order valence-corrected chi connectivity index (χ2v) is 11.0. The highest BCUT2D eigenvalue weighted by Crippen LogP contribution is 2.38. The molecule has 0 aliphatic heterocycles. The molecule has 0 fully saturated rings. The van der Waals surface area contributed by atoms with Crippen LogP contribution in [0.25, 0.3) is 11.3 Å². The maximum absolute atomic E-state index is 13.5. The fraction of sp³-hybridized carbons (Fsp3) is 0.0645. The summed E-state index contributed by atoms with van der Waals surface area (Å²) in [5.41, 5.74) is 3.15. The molecule has 1 aromatic heterocycles. The Morgan fingerprint density at radius 2 is 1.60 bits per heavy atom. The van der Waals surface area contributed by atoms with Crippen LogP contribution in [-0.2, 0) is 4.79 Å². The third-order valence-electron chi connectivity index (χ3n) is 6.16. The molecule has 210 valence electrons. The first kappa shape index (κ1) is 28.5. The average molecular weight is 597 g/mol. The zero-order valence-corrected chi connectivity index (χ0v) is 23.9. The van der Waals surface area contributed by atoms with E-state index in [9.17, 15) is 19.7 Å². The van der Waals surface area contributed by atoms with Crippen LogP contribution in [0.5, 0.6) is 5.75 Å². The van der Waals surface area contributed by atoms with Crippen molar-refractivity contribution in [2.45, 2.75) is 10.1 Å². The number of thiazole rings is 1. The summed E-state index contributed by atoms with van der Waals surface area (Å²) in [5.74, 6) is 0.0937. The van der Waals surface area contributed by atoms with Crippen molar-refractivity contribution in [1.82, 2.24) is 4.98 Å². The molecule has 9 nitrogen and oxygen atoms in total. The molecule has 2 N–H and O–H groups in total. The first-order chi connectivity index (χ1) is 20.4. The first-order valence-corrected chi connectivity index (χ1v) is 14.4. The fourth-order valence-electron chi connectivity index (χ4n) is 4.07. The lowest BCUT2D eigenvalue weighted by Gasteiger charge is -2.16. The predicted octanol–water partition coefficient (Wildman–Crippen LogP) is 7.45. The minimum Gasteiger partial charge on any atom is -0.496 e. The van der Waals surface area contributed by atoms with Crippen LogP contribution in [-0.4, -0.2) is 28.8 Å². The van der Waals surface area contributed by atoms with Crippen molar-refractivity contribution in [3.05, 3.63) is 130 Å². The van der Waals surface area contributed by atoms with Gasteiger partial charge >= 0.3 is 0 Å². The molecule has 0 radical (unpaired) electrons. The van der Waals surface area contributed by atoms with E-state index in [2.05, 4.69) is 15.6 Å². The van der Waals surface area contributed by atoms with E-state index in [1.807, 2.05) is 72.1 Å². The molecule has 42 heavy (non-hydrogen) atoms. The van der Waals surface area contributed by atoms with Crippen molar-refractivity contribution in [1.29, 1.82) is 0 Å². The van der Waals surface area contributed by atoms with Gasteiger partial charge in [-0.25, -0.2) is 4.98 Å². The minimum atomic E-state index is -0.564. The number of carbonyl (C=O) groups is 2. The number of para-hydroxylation sites is 1. The number of carbonyl (C=O) groups excluding carboxylic acids is 2. The number of thioether (sulfide) groups is 1. The molecule has 1 unspecified atom stereocenters. The van der Waals surface area contributed by atoms with Crippen LogP contribution in [0.1, 0.15) is 21.2 Å². The third-order valence-corrected chi connectivity index (χ3v) is 8.19. The van der Waals surface area contributed by atoms with Gasteiger partial charge in [0, 0.05) is 39.2 Å². The van der Waals surface area contributed by atoms with Crippen molar-refractivity contribution in [3.63, 3.8) is 0 Å². The maximum atomic E-state index is 13.5. The molecule has 0 spiro atoms. The fourth-order valence-corrected chi connectivity index (χ4v) is 5.81. The molecule has 0 aliphatic carbocycles. The number of non-ortho nitro benzene ring substituents is 1. The van der Waals surface area contributed by atoms with Gasteiger partial charge in [-0.2, -0.15) is 0 Å². The van der Waals surface area contributed by atoms with E-state index < -0.39 is 10.2 Å². The van der Waals surface area contributed by atoms with Gasteiger partial charge in [0.25, 0.3) is 11.6 Å². The Morgan fingerprint density at radius 3 is 2.29 bits per heavy atom.